The first kappa shape index (κ1) is 10.4. The van der Waals surface area contributed by atoms with Crippen LogP contribution in [0.25, 0.3) is 0 Å². The van der Waals surface area contributed by atoms with E-state index in [1.165, 1.54) is 0 Å². The minimum Gasteiger partial charge on any atom is -0.417 e. The van der Waals surface area contributed by atoms with Crippen LogP contribution in [-0.2, 0) is 4.43 Å². The van der Waals surface area contributed by atoms with Gasteiger partial charge in [-0.15, -0.1) is 0 Å². The van der Waals surface area contributed by atoms with Gasteiger partial charge in [-0.2, -0.15) is 0 Å². The van der Waals surface area contributed by atoms with E-state index in [0.29, 0.717) is 9.28 Å². The molecule has 0 aromatic heterocycles. The Balaban J connectivity index is 4.10. The minimum atomic E-state index is -0.0484. The summed E-state index contributed by atoms with van der Waals surface area (Å²) in [6.07, 6.45) is 0. The lowest BCUT2D eigenvalue weighted by Crippen LogP contribution is -2.40. The maximum atomic E-state index is 5.54. The summed E-state index contributed by atoms with van der Waals surface area (Å²) in [7, 11) is 3.72. The topological polar surface area (TPSA) is 9.23 Å². The zero-order chi connectivity index (χ0) is 8.41. The van der Waals surface area contributed by atoms with E-state index in [-0.39, 0.29) is 11.0 Å². The number of hydrogen-bond donors (Lipinski definition) is 0. The maximum Gasteiger partial charge on any atom is 0.202 e. The Morgan fingerprint density at radius 1 is 1.10 bits per heavy atom. The summed E-state index contributed by atoms with van der Waals surface area (Å²) in [5.74, 6) is 0. The SMILES string of the molecule is CC(C)(C)C(C)(C)O[Si][Si]. The third-order valence-corrected chi connectivity index (χ3v) is 3.03. The van der Waals surface area contributed by atoms with Crippen molar-refractivity contribution in [2.75, 3.05) is 0 Å². The molecule has 0 aliphatic heterocycles. The predicted molar refractivity (Wildman–Crippen MR) is 46.1 cm³/mol. The molecule has 0 N–H and O–H groups in total. The van der Waals surface area contributed by atoms with Gasteiger partial charge in [-0.3, -0.25) is 0 Å². The number of rotatable bonds is 2. The van der Waals surface area contributed by atoms with Gasteiger partial charge in [0.25, 0.3) is 0 Å². The summed E-state index contributed by atoms with van der Waals surface area (Å²) in [6, 6.07) is 0. The van der Waals surface area contributed by atoms with Crippen LogP contribution in [0.5, 0.6) is 0 Å². The van der Waals surface area contributed by atoms with Crippen molar-refractivity contribution in [2.24, 2.45) is 5.41 Å². The molecule has 0 heterocycles. The Labute approximate surface area is 69.7 Å². The third-order valence-electron chi connectivity index (χ3n) is 2.11. The van der Waals surface area contributed by atoms with Crippen LogP contribution in [0, 0.1) is 5.41 Å². The van der Waals surface area contributed by atoms with Crippen LogP contribution in [0.3, 0.4) is 0 Å². The van der Waals surface area contributed by atoms with E-state index < -0.39 is 0 Å². The Bertz CT molecular complexity index is 105. The standard InChI is InChI=1S/C7H15OSi2/c1-6(2,3)7(4,5)8-10-9/h1-5H3. The molecular weight excluding hydrogens is 156 g/mol. The summed E-state index contributed by atoms with van der Waals surface area (Å²) >= 11 is 0. The molecule has 0 aliphatic rings. The molecule has 0 atom stereocenters. The largest absolute Gasteiger partial charge is 0.417 e. The summed E-state index contributed by atoms with van der Waals surface area (Å²) in [5.41, 5.74) is 0.153. The molecule has 3 heteroatoms. The van der Waals surface area contributed by atoms with Gasteiger partial charge in [0.1, 0.15) is 0 Å². The van der Waals surface area contributed by atoms with Crippen LogP contribution >= 0.6 is 0 Å². The van der Waals surface area contributed by atoms with E-state index in [4.69, 9.17) is 4.43 Å². The molecule has 1 nitrogen and oxygen atoms in total. The second-order valence-corrected chi connectivity index (χ2v) is 4.99. The highest BCUT2D eigenvalue weighted by Crippen LogP contribution is 2.32. The highest BCUT2D eigenvalue weighted by molar-refractivity contribution is 6.85. The summed E-state index contributed by atoms with van der Waals surface area (Å²) < 4.78 is 5.54. The highest BCUT2D eigenvalue weighted by Gasteiger charge is 2.32. The van der Waals surface area contributed by atoms with Gasteiger partial charge in [-0.25, -0.2) is 0 Å². The quantitative estimate of drug-likeness (QED) is 0.573. The van der Waals surface area contributed by atoms with Crippen LogP contribution in [0.1, 0.15) is 34.6 Å². The van der Waals surface area contributed by atoms with Crippen LogP contribution in [0.2, 0.25) is 0 Å². The maximum absolute atomic E-state index is 5.54. The fourth-order valence-corrected chi connectivity index (χ4v) is 1.61. The van der Waals surface area contributed by atoms with Gasteiger partial charge in [-0.1, -0.05) is 20.8 Å². The molecule has 0 bridgehead atoms. The molecule has 0 rings (SSSR count). The van der Waals surface area contributed by atoms with Crippen molar-refractivity contribution in [1.82, 2.24) is 0 Å². The average Bonchev–Trinajstić information content (AvgIpc) is 1.61. The van der Waals surface area contributed by atoms with E-state index in [1.807, 2.05) is 0 Å². The van der Waals surface area contributed by atoms with Crippen molar-refractivity contribution >= 4 is 19.0 Å². The summed E-state index contributed by atoms with van der Waals surface area (Å²) in [6.45, 7) is 10.8. The summed E-state index contributed by atoms with van der Waals surface area (Å²) in [4.78, 5) is 0. The summed E-state index contributed by atoms with van der Waals surface area (Å²) in [5, 5.41) is 0. The third kappa shape index (κ3) is 2.56. The van der Waals surface area contributed by atoms with Crippen LogP contribution in [0.4, 0.5) is 0 Å². The second kappa shape index (κ2) is 3.19. The Kier molecular flexibility index (Phi) is 3.32. The first-order chi connectivity index (χ1) is 4.31. The molecule has 0 aliphatic carbocycles. The Morgan fingerprint density at radius 2 is 1.50 bits per heavy atom. The van der Waals surface area contributed by atoms with Crippen molar-refractivity contribution in [1.29, 1.82) is 0 Å². The van der Waals surface area contributed by atoms with Crippen molar-refractivity contribution in [3.05, 3.63) is 0 Å². The van der Waals surface area contributed by atoms with E-state index in [2.05, 4.69) is 44.4 Å². The molecule has 0 saturated carbocycles. The van der Waals surface area contributed by atoms with E-state index in [1.54, 1.807) is 0 Å². The lowest BCUT2D eigenvalue weighted by Gasteiger charge is -2.38. The van der Waals surface area contributed by atoms with Gasteiger partial charge >= 0.3 is 0 Å². The number of hydrogen-bond acceptors (Lipinski definition) is 1. The first-order valence-corrected chi connectivity index (χ1v) is 5.82. The zero-order valence-corrected chi connectivity index (χ0v) is 9.41. The first-order valence-electron chi connectivity index (χ1n) is 3.41. The fraction of sp³-hybridized carbons (Fsp3) is 1.00. The molecule has 0 amide bonds. The lowest BCUT2D eigenvalue weighted by molar-refractivity contribution is 0.00621. The van der Waals surface area contributed by atoms with Crippen molar-refractivity contribution in [3.63, 3.8) is 0 Å². The lowest BCUT2D eigenvalue weighted by atomic mass is 9.79. The second-order valence-electron chi connectivity index (χ2n) is 3.96. The molecule has 5 radical (unpaired) electrons. The van der Waals surface area contributed by atoms with E-state index in [0.717, 1.165) is 0 Å². The van der Waals surface area contributed by atoms with E-state index in [9.17, 15) is 0 Å². The molecule has 0 saturated heterocycles. The van der Waals surface area contributed by atoms with Gasteiger partial charge < -0.3 is 4.43 Å². The van der Waals surface area contributed by atoms with Gasteiger partial charge in [0, 0.05) is 9.76 Å². The fourth-order valence-electron chi connectivity index (χ4n) is 0.281. The van der Waals surface area contributed by atoms with Gasteiger partial charge in [-0.05, 0) is 19.3 Å². The molecule has 0 unspecified atom stereocenters. The Hall–Kier alpha value is 0.394. The normalized spacial score (nSPS) is 13.8. The van der Waals surface area contributed by atoms with E-state index >= 15 is 0 Å². The zero-order valence-electron chi connectivity index (χ0n) is 7.41. The van der Waals surface area contributed by atoms with Crippen molar-refractivity contribution in [2.45, 2.75) is 40.2 Å². The Morgan fingerprint density at radius 3 is 1.60 bits per heavy atom. The smallest absolute Gasteiger partial charge is 0.202 e. The molecule has 0 spiro atoms. The van der Waals surface area contributed by atoms with Crippen LogP contribution in [0.15, 0.2) is 0 Å². The van der Waals surface area contributed by atoms with Crippen molar-refractivity contribution < 1.29 is 4.43 Å². The van der Waals surface area contributed by atoms with Crippen LogP contribution in [-0.4, -0.2) is 24.6 Å². The minimum absolute atomic E-state index is 0.0484. The van der Waals surface area contributed by atoms with Crippen molar-refractivity contribution in [3.8, 4) is 0 Å². The van der Waals surface area contributed by atoms with Gasteiger partial charge in [0.2, 0.25) is 9.28 Å². The van der Waals surface area contributed by atoms with Gasteiger partial charge in [0.15, 0.2) is 0 Å². The highest BCUT2D eigenvalue weighted by atomic mass is 29.1. The van der Waals surface area contributed by atoms with Crippen LogP contribution < -0.4 is 0 Å². The predicted octanol–water partition coefficient (Wildman–Crippen LogP) is 1.53. The molecule has 0 fully saturated rings. The molecular formula is C7H15OSi2. The molecule has 10 heavy (non-hydrogen) atoms. The van der Waals surface area contributed by atoms with Gasteiger partial charge in [0.05, 0.1) is 5.60 Å². The molecule has 0 aromatic rings. The molecule has 57 valence electrons. The monoisotopic (exact) mass is 171 g/mol. The molecule has 0 aromatic carbocycles. The average molecular weight is 171 g/mol.